The van der Waals surface area contributed by atoms with Crippen LogP contribution in [0.1, 0.15) is 54.4 Å². The number of hydrogen-bond acceptors (Lipinski definition) is 4. The van der Waals surface area contributed by atoms with Crippen LogP contribution >= 0.6 is 11.6 Å². The van der Waals surface area contributed by atoms with E-state index >= 15 is 0 Å². The number of benzene rings is 1. The highest BCUT2D eigenvalue weighted by Crippen LogP contribution is 2.35. The zero-order valence-corrected chi connectivity index (χ0v) is 19.2. The van der Waals surface area contributed by atoms with E-state index in [2.05, 4.69) is 5.16 Å². The minimum Gasteiger partial charge on any atom is -0.356 e. The Hall–Kier alpha value is -2.25. The van der Waals surface area contributed by atoms with Gasteiger partial charge in [0, 0.05) is 60.9 Å². The molecule has 5 rings (SSSR count). The first kappa shape index (κ1) is 21.6. The lowest BCUT2D eigenvalue weighted by Gasteiger charge is -2.42. The van der Waals surface area contributed by atoms with Gasteiger partial charge in [0.1, 0.15) is 11.6 Å². The van der Waals surface area contributed by atoms with Crippen molar-refractivity contribution < 1.29 is 13.4 Å². The molecule has 6 nitrogen and oxygen atoms in total. The van der Waals surface area contributed by atoms with Gasteiger partial charge in [0.15, 0.2) is 11.6 Å². The van der Waals surface area contributed by atoms with Gasteiger partial charge in [-0.2, -0.15) is 0 Å². The van der Waals surface area contributed by atoms with Crippen LogP contribution in [0, 0.1) is 12.7 Å². The second-order valence-electron chi connectivity index (χ2n) is 9.37. The molecular weight excluding hydrogens is 431 g/mol. The first-order chi connectivity index (χ1) is 15.5. The maximum atomic E-state index is 13.5. The van der Waals surface area contributed by atoms with Crippen molar-refractivity contribution in [1.29, 1.82) is 0 Å². The molecule has 1 aromatic carbocycles. The summed E-state index contributed by atoms with van der Waals surface area (Å²) >= 11 is 6.48. The van der Waals surface area contributed by atoms with E-state index in [1.54, 1.807) is 6.07 Å². The van der Waals surface area contributed by atoms with Crippen molar-refractivity contribution >= 4 is 22.6 Å². The predicted molar refractivity (Wildman–Crippen MR) is 121 cm³/mol. The number of halogens is 2. The summed E-state index contributed by atoms with van der Waals surface area (Å²) in [7, 11) is 0. The second-order valence-corrected chi connectivity index (χ2v) is 9.61. The molecule has 2 aliphatic heterocycles. The molecule has 0 spiro atoms. The molecule has 170 valence electrons. The van der Waals surface area contributed by atoms with Gasteiger partial charge in [-0.05, 0) is 31.9 Å². The molecule has 0 bridgehead atoms. The minimum atomic E-state index is -0.315. The Morgan fingerprint density at radius 1 is 1.28 bits per heavy atom. The van der Waals surface area contributed by atoms with E-state index in [0.717, 1.165) is 90.9 Å². The van der Waals surface area contributed by atoms with Crippen LogP contribution in [0.4, 0.5) is 4.39 Å². The van der Waals surface area contributed by atoms with Gasteiger partial charge in [0.05, 0.1) is 25.3 Å². The summed E-state index contributed by atoms with van der Waals surface area (Å²) in [5.41, 5.74) is 3.26. The van der Waals surface area contributed by atoms with Gasteiger partial charge in [0.25, 0.3) is 5.56 Å². The summed E-state index contributed by atoms with van der Waals surface area (Å²) < 4.78 is 21.5. The number of hydrogen-bond donors (Lipinski definition) is 0. The summed E-state index contributed by atoms with van der Waals surface area (Å²) in [5, 5.41) is 5.15. The zero-order chi connectivity index (χ0) is 22.3. The summed E-state index contributed by atoms with van der Waals surface area (Å²) in [6, 6.07) is 5.13. The Bertz CT molecular complexity index is 1200. The van der Waals surface area contributed by atoms with Crippen molar-refractivity contribution in [2.45, 2.75) is 57.9 Å². The first-order valence-electron chi connectivity index (χ1n) is 11.5. The minimum absolute atomic E-state index is 0.135. The van der Waals surface area contributed by atoms with Crippen LogP contribution in [0.2, 0.25) is 0 Å². The maximum absolute atomic E-state index is 13.5. The quantitative estimate of drug-likeness (QED) is 0.324. The van der Waals surface area contributed by atoms with Crippen LogP contribution in [0.5, 0.6) is 0 Å². The van der Waals surface area contributed by atoms with Gasteiger partial charge in [-0.25, -0.2) is 9.37 Å². The van der Waals surface area contributed by atoms with Crippen LogP contribution in [0.25, 0.3) is 11.0 Å². The average Bonchev–Trinajstić information content (AvgIpc) is 3.22. The van der Waals surface area contributed by atoms with Crippen molar-refractivity contribution in [2.24, 2.45) is 0 Å². The highest BCUT2D eigenvalue weighted by atomic mass is 35.5. The summed E-state index contributed by atoms with van der Waals surface area (Å²) in [5.74, 6) is 0.891. The standard InChI is InChI=1S/C24H29ClFN4O2/c1-16-19(24(31)29-10-3-2-4-22(29)27-16)9-13-30(15-25)11-7-17(8-12-30)23-20-6-5-18(26)14-21(20)32-28-23/h5-6,14,17H,2-4,7-13,15H2,1H3/q+1. The Balaban J connectivity index is 1.30. The lowest BCUT2D eigenvalue weighted by molar-refractivity contribution is -0.922. The molecule has 0 radical (unpaired) electrons. The molecule has 1 saturated heterocycles. The fourth-order valence-electron chi connectivity index (χ4n) is 5.38. The number of likely N-dealkylation sites (tertiary alicyclic amines) is 1. The third-order valence-corrected chi connectivity index (χ3v) is 7.93. The Labute approximate surface area is 191 Å². The zero-order valence-electron chi connectivity index (χ0n) is 18.4. The van der Waals surface area contributed by atoms with Crippen molar-refractivity contribution in [2.75, 3.05) is 25.6 Å². The molecule has 8 heteroatoms. The highest BCUT2D eigenvalue weighted by molar-refractivity contribution is 6.17. The normalized spacial score (nSPS) is 23.4. The molecule has 0 unspecified atom stereocenters. The number of alkyl halides is 1. The highest BCUT2D eigenvalue weighted by Gasteiger charge is 2.36. The lowest BCUT2D eigenvalue weighted by Crippen LogP contribution is -2.53. The van der Waals surface area contributed by atoms with E-state index in [1.165, 1.54) is 12.1 Å². The molecule has 32 heavy (non-hydrogen) atoms. The maximum Gasteiger partial charge on any atom is 0.257 e. The smallest absolute Gasteiger partial charge is 0.257 e. The average molecular weight is 460 g/mol. The van der Waals surface area contributed by atoms with Gasteiger partial charge in [0.2, 0.25) is 0 Å². The summed E-state index contributed by atoms with van der Waals surface area (Å²) in [4.78, 5) is 17.8. The molecule has 1 fully saturated rings. The molecule has 0 N–H and O–H groups in total. The van der Waals surface area contributed by atoms with Crippen LogP contribution in [0.3, 0.4) is 0 Å². The SMILES string of the molecule is Cc1nc2n(c(=O)c1CC[N+]1(CCl)CCC(c3noc4cc(F)ccc34)CC1)CCCC2. The summed E-state index contributed by atoms with van der Waals surface area (Å²) in [6.07, 6.45) is 5.61. The molecular formula is C24H29ClFN4O2+. The topological polar surface area (TPSA) is 60.9 Å². The number of quaternary nitrogens is 1. The fraction of sp³-hybridized carbons (Fsp3) is 0.542. The number of fused-ring (bicyclic) bond motifs is 2. The van der Waals surface area contributed by atoms with Crippen molar-refractivity contribution in [1.82, 2.24) is 14.7 Å². The van der Waals surface area contributed by atoms with Crippen LogP contribution in [-0.2, 0) is 19.4 Å². The van der Waals surface area contributed by atoms with Crippen molar-refractivity contribution in [3.8, 4) is 0 Å². The molecule has 2 aliphatic rings. The molecule has 2 aromatic heterocycles. The van der Waals surface area contributed by atoms with E-state index in [0.29, 0.717) is 18.0 Å². The number of aromatic nitrogens is 3. The molecule has 4 heterocycles. The van der Waals surface area contributed by atoms with E-state index in [-0.39, 0.29) is 17.3 Å². The van der Waals surface area contributed by atoms with Crippen LogP contribution < -0.4 is 5.56 Å². The third kappa shape index (κ3) is 3.86. The van der Waals surface area contributed by atoms with Gasteiger partial charge in [-0.1, -0.05) is 16.8 Å². The largest absolute Gasteiger partial charge is 0.356 e. The van der Waals surface area contributed by atoms with Crippen molar-refractivity contribution in [3.05, 3.63) is 57.1 Å². The molecule has 3 aromatic rings. The van der Waals surface area contributed by atoms with Gasteiger partial charge >= 0.3 is 0 Å². The predicted octanol–water partition coefficient (Wildman–Crippen LogP) is 4.30. The number of rotatable bonds is 5. The Morgan fingerprint density at radius 2 is 2.09 bits per heavy atom. The van der Waals surface area contributed by atoms with Crippen molar-refractivity contribution in [3.63, 3.8) is 0 Å². The first-order valence-corrected chi connectivity index (χ1v) is 12.1. The monoisotopic (exact) mass is 459 g/mol. The van der Waals surface area contributed by atoms with Crippen LogP contribution in [0.15, 0.2) is 27.5 Å². The fourth-order valence-corrected chi connectivity index (χ4v) is 5.74. The van der Waals surface area contributed by atoms with E-state index in [9.17, 15) is 9.18 Å². The molecule has 0 atom stereocenters. The van der Waals surface area contributed by atoms with Gasteiger partial charge in [-0.15, -0.1) is 0 Å². The Kier molecular flexibility index (Phi) is 5.80. The van der Waals surface area contributed by atoms with Gasteiger partial charge in [-0.3, -0.25) is 9.36 Å². The summed E-state index contributed by atoms with van der Waals surface area (Å²) in [6.45, 7) is 5.41. The number of piperidine rings is 1. The number of nitrogens with zero attached hydrogens (tertiary/aromatic N) is 4. The van der Waals surface area contributed by atoms with Crippen LogP contribution in [-0.4, -0.2) is 44.8 Å². The second kappa shape index (κ2) is 8.60. The Morgan fingerprint density at radius 3 is 2.88 bits per heavy atom. The number of aryl methyl sites for hydroxylation is 2. The van der Waals surface area contributed by atoms with Gasteiger partial charge < -0.3 is 9.01 Å². The third-order valence-electron chi connectivity index (χ3n) is 7.42. The van der Waals surface area contributed by atoms with E-state index in [1.807, 2.05) is 11.5 Å². The van der Waals surface area contributed by atoms with E-state index in [4.69, 9.17) is 21.1 Å². The molecule has 0 saturated carbocycles. The molecule has 0 aliphatic carbocycles. The lowest BCUT2D eigenvalue weighted by atomic mass is 9.90. The molecule has 0 amide bonds. The van der Waals surface area contributed by atoms with E-state index < -0.39 is 0 Å².